The lowest BCUT2D eigenvalue weighted by Gasteiger charge is -2.07. The zero-order chi connectivity index (χ0) is 12.5. The van der Waals surface area contributed by atoms with E-state index in [0.29, 0.717) is 17.3 Å². The molecule has 86 valence electrons. The second kappa shape index (κ2) is 7.32. The minimum Gasteiger partial charge on any atom is -0.378 e. The SMILES string of the molecule is CCNC(SCc1ccccn1)=C(C#N)C#N. The van der Waals surface area contributed by atoms with Crippen LogP contribution in [0.1, 0.15) is 12.6 Å². The summed E-state index contributed by atoms with van der Waals surface area (Å²) < 4.78 is 0. The predicted molar refractivity (Wildman–Crippen MR) is 67.5 cm³/mol. The molecule has 0 fully saturated rings. The number of rotatable bonds is 5. The fraction of sp³-hybridized carbons (Fsp3) is 0.250. The molecule has 17 heavy (non-hydrogen) atoms. The molecule has 0 aliphatic rings. The highest BCUT2D eigenvalue weighted by Gasteiger charge is 2.06. The summed E-state index contributed by atoms with van der Waals surface area (Å²) in [5, 5.41) is 21.3. The Morgan fingerprint density at radius 3 is 2.71 bits per heavy atom. The van der Waals surface area contributed by atoms with Crippen LogP contribution in [0.25, 0.3) is 0 Å². The van der Waals surface area contributed by atoms with E-state index in [9.17, 15) is 0 Å². The van der Waals surface area contributed by atoms with Gasteiger partial charge in [0.2, 0.25) is 0 Å². The first-order valence-electron chi connectivity index (χ1n) is 5.12. The van der Waals surface area contributed by atoms with Crippen molar-refractivity contribution >= 4 is 11.8 Å². The number of aromatic nitrogens is 1. The summed E-state index contributed by atoms with van der Waals surface area (Å²) in [5.74, 6) is 0.635. The Morgan fingerprint density at radius 2 is 2.18 bits per heavy atom. The van der Waals surface area contributed by atoms with Gasteiger partial charge in [0.1, 0.15) is 12.1 Å². The zero-order valence-electron chi connectivity index (χ0n) is 9.47. The smallest absolute Gasteiger partial charge is 0.159 e. The van der Waals surface area contributed by atoms with Crippen molar-refractivity contribution in [1.29, 1.82) is 10.5 Å². The minimum absolute atomic E-state index is 0.118. The minimum atomic E-state index is 0.118. The van der Waals surface area contributed by atoms with Gasteiger partial charge in [-0.15, -0.1) is 11.8 Å². The summed E-state index contributed by atoms with van der Waals surface area (Å²) in [5.41, 5.74) is 1.04. The molecule has 0 saturated carbocycles. The number of nitrogens with zero attached hydrogens (tertiary/aromatic N) is 3. The standard InChI is InChI=1S/C12H12N4S/c1-2-15-12(10(7-13)8-14)17-9-11-5-3-4-6-16-11/h3-6,15H,2,9H2,1H3. The van der Waals surface area contributed by atoms with Gasteiger partial charge in [0.05, 0.1) is 10.7 Å². The summed E-state index contributed by atoms with van der Waals surface area (Å²) in [7, 11) is 0. The Hall–Kier alpha value is -1.98. The second-order valence-corrected chi connectivity index (χ2v) is 4.05. The van der Waals surface area contributed by atoms with E-state index in [1.54, 1.807) is 6.20 Å². The van der Waals surface area contributed by atoms with Crippen molar-refractivity contribution in [2.24, 2.45) is 0 Å². The number of thioether (sulfide) groups is 1. The topological polar surface area (TPSA) is 72.5 Å². The van der Waals surface area contributed by atoms with Crippen LogP contribution in [0.4, 0.5) is 0 Å². The third kappa shape index (κ3) is 4.18. The van der Waals surface area contributed by atoms with E-state index in [0.717, 1.165) is 5.69 Å². The van der Waals surface area contributed by atoms with E-state index >= 15 is 0 Å². The average molecular weight is 244 g/mol. The molecule has 0 bridgehead atoms. The quantitative estimate of drug-likeness (QED) is 0.804. The number of allylic oxidation sites excluding steroid dienone is 1. The molecule has 0 aliphatic carbocycles. The second-order valence-electron chi connectivity index (χ2n) is 3.07. The first-order valence-corrected chi connectivity index (χ1v) is 6.11. The molecule has 0 aliphatic heterocycles. The number of pyridine rings is 1. The fourth-order valence-corrected chi connectivity index (χ4v) is 2.07. The van der Waals surface area contributed by atoms with Gasteiger partial charge in [0.15, 0.2) is 5.57 Å². The van der Waals surface area contributed by atoms with E-state index in [2.05, 4.69) is 10.3 Å². The van der Waals surface area contributed by atoms with Crippen molar-refractivity contribution in [3.05, 3.63) is 40.7 Å². The van der Waals surface area contributed by atoms with Gasteiger partial charge >= 0.3 is 0 Å². The van der Waals surface area contributed by atoms with Gasteiger partial charge in [-0.2, -0.15) is 10.5 Å². The van der Waals surface area contributed by atoms with Crippen molar-refractivity contribution in [2.45, 2.75) is 12.7 Å². The Labute approximate surface area is 105 Å². The first kappa shape index (κ1) is 13.1. The molecule has 1 aromatic rings. The molecule has 4 nitrogen and oxygen atoms in total. The third-order valence-corrected chi connectivity index (χ3v) is 2.96. The molecule has 1 aromatic heterocycles. The van der Waals surface area contributed by atoms with Crippen LogP contribution in [-0.4, -0.2) is 11.5 Å². The van der Waals surface area contributed by atoms with Gasteiger partial charge in [-0.25, -0.2) is 0 Å². The van der Waals surface area contributed by atoms with Gasteiger partial charge in [0.25, 0.3) is 0 Å². The van der Waals surface area contributed by atoms with E-state index in [4.69, 9.17) is 10.5 Å². The van der Waals surface area contributed by atoms with Crippen LogP contribution in [0.5, 0.6) is 0 Å². The molecule has 0 amide bonds. The van der Waals surface area contributed by atoms with Gasteiger partial charge in [-0.3, -0.25) is 4.98 Å². The monoisotopic (exact) mass is 244 g/mol. The summed E-state index contributed by atoms with van der Waals surface area (Å²) >= 11 is 1.42. The van der Waals surface area contributed by atoms with E-state index in [-0.39, 0.29) is 5.57 Å². The van der Waals surface area contributed by atoms with Crippen molar-refractivity contribution in [2.75, 3.05) is 6.54 Å². The van der Waals surface area contributed by atoms with Crippen LogP contribution < -0.4 is 5.32 Å². The summed E-state index contributed by atoms with van der Waals surface area (Å²) in [6.07, 6.45) is 1.72. The Bertz CT molecular complexity index is 452. The maximum atomic E-state index is 8.82. The largest absolute Gasteiger partial charge is 0.378 e. The highest BCUT2D eigenvalue weighted by Crippen LogP contribution is 2.20. The third-order valence-electron chi connectivity index (χ3n) is 1.88. The molecule has 1 heterocycles. The fourth-order valence-electron chi connectivity index (χ4n) is 1.13. The summed E-state index contributed by atoms with van der Waals surface area (Å²) in [4.78, 5) is 4.18. The van der Waals surface area contributed by atoms with Crippen molar-refractivity contribution in [3.8, 4) is 12.1 Å². The van der Waals surface area contributed by atoms with Gasteiger partial charge in [0, 0.05) is 18.5 Å². The maximum Gasteiger partial charge on any atom is 0.159 e. The first-order chi connectivity index (χ1) is 8.31. The lowest BCUT2D eigenvalue weighted by Crippen LogP contribution is -2.11. The molecule has 0 atom stereocenters. The highest BCUT2D eigenvalue weighted by molar-refractivity contribution is 8.02. The van der Waals surface area contributed by atoms with Crippen LogP contribution in [0, 0.1) is 22.7 Å². The van der Waals surface area contributed by atoms with E-state index in [1.807, 2.05) is 37.3 Å². The molecule has 1 N–H and O–H groups in total. The van der Waals surface area contributed by atoms with E-state index in [1.165, 1.54) is 11.8 Å². The number of hydrogen-bond acceptors (Lipinski definition) is 5. The normalized spacial score (nSPS) is 8.88. The van der Waals surface area contributed by atoms with Crippen LogP contribution in [-0.2, 0) is 5.75 Å². The number of nitrogens with one attached hydrogen (secondary N) is 1. The van der Waals surface area contributed by atoms with Crippen LogP contribution in [0.2, 0.25) is 0 Å². The molecule has 1 rings (SSSR count). The molecule has 0 radical (unpaired) electrons. The van der Waals surface area contributed by atoms with Crippen LogP contribution in [0.3, 0.4) is 0 Å². The van der Waals surface area contributed by atoms with Gasteiger partial charge in [-0.1, -0.05) is 6.07 Å². The Balaban J connectivity index is 2.74. The summed E-state index contributed by atoms with van der Waals surface area (Å²) in [6.45, 7) is 2.60. The highest BCUT2D eigenvalue weighted by atomic mass is 32.2. The lowest BCUT2D eigenvalue weighted by atomic mass is 10.3. The lowest BCUT2D eigenvalue weighted by molar-refractivity contribution is 0.900. The molecule has 0 saturated heterocycles. The molecule has 5 heteroatoms. The zero-order valence-corrected chi connectivity index (χ0v) is 10.3. The van der Waals surface area contributed by atoms with E-state index < -0.39 is 0 Å². The Kier molecular flexibility index (Phi) is 5.63. The van der Waals surface area contributed by atoms with Crippen molar-refractivity contribution in [1.82, 2.24) is 10.3 Å². The predicted octanol–water partition coefficient (Wildman–Crippen LogP) is 2.18. The molecule has 0 aromatic carbocycles. The van der Waals surface area contributed by atoms with Gasteiger partial charge < -0.3 is 5.32 Å². The van der Waals surface area contributed by atoms with Crippen LogP contribution in [0.15, 0.2) is 35.0 Å². The Morgan fingerprint density at radius 1 is 1.41 bits per heavy atom. The number of hydrogen-bond donors (Lipinski definition) is 1. The molecule has 0 spiro atoms. The molecular weight excluding hydrogens is 232 g/mol. The maximum absolute atomic E-state index is 8.82. The summed E-state index contributed by atoms with van der Waals surface area (Å²) in [6, 6.07) is 9.45. The van der Waals surface area contributed by atoms with Gasteiger partial charge in [-0.05, 0) is 19.1 Å². The van der Waals surface area contributed by atoms with Crippen molar-refractivity contribution in [3.63, 3.8) is 0 Å². The van der Waals surface area contributed by atoms with Crippen LogP contribution >= 0.6 is 11.8 Å². The average Bonchev–Trinajstić information content (AvgIpc) is 2.38. The van der Waals surface area contributed by atoms with Crippen molar-refractivity contribution < 1.29 is 0 Å². The molecule has 0 unspecified atom stereocenters. The molecular formula is C12H12N4S. The number of nitriles is 2.